The van der Waals surface area contributed by atoms with E-state index in [1.807, 2.05) is 6.07 Å². The van der Waals surface area contributed by atoms with Gasteiger partial charge in [-0.1, -0.05) is 29.8 Å². The summed E-state index contributed by atoms with van der Waals surface area (Å²) in [6.45, 7) is -1.06. The Bertz CT molecular complexity index is 1430. The van der Waals surface area contributed by atoms with Crippen LogP contribution in [0.3, 0.4) is 0 Å². The molecule has 178 valence electrons. The number of aromatic amines is 1. The highest BCUT2D eigenvalue weighted by Crippen LogP contribution is 2.35. The van der Waals surface area contributed by atoms with Crippen molar-refractivity contribution < 1.29 is 20.1 Å². The van der Waals surface area contributed by atoms with Crippen LogP contribution in [0.1, 0.15) is 28.4 Å². The van der Waals surface area contributed by atoms with Crippen molar-refractivity contribution in [1.82, 2.24) is 14.9 Å². The highest BCUT2D eigenvalue weighted by Gasteiger charge is 2.30. The topological polar surface area (TPSA) is 164 Å². The molecule has 5 N–H and O–H groups in total. The molecular weight excluding hydrogens is 474 g/mol. The zero-order valence-electron chi connectivity index (χ0n) is 18.1. The SMILES string of the molecule is N#Cc1ccc(C(C(=O)NC(CO)CO)n2c(O)c(/C=C3\C=Nc4cc(Cl)ccc43)[nH]c2=O)cc1. The molecule has 0 aliphatic carbocycles. The molecule has 0 saturated heterocycles. The van der Waals surface area contributed by atoms with Crippen molar-refractivity contribution in [3.05, 3.63) is 80.4 Å². The summed E-state index contributed by atoms with van der Waals surface area (Å²) >= 11 is 6.01. The standard InChI is InChI=1S/C24H20ClN5O5/c25-16-5-6-18-15(10-27-19(18)8-16)7-20-23(34)30(24(35)29-20)21(22(33)28-17(11-31)12-32)14-3-1-13(9-26)2-4-14/h1-8,10,17,21,31-32,34H,11-12H2,(H,28,33)(H,29,35)/b15-7+. The van der Waals surface area contributed by atoms with E-state index in [1.165, 1.54) is 30.3 Å². The van der Waals surface area contributed by atoms with Gasteiger partial charge in [0.15, 0.2) is 0 Å². The fourth-order valence-corrected chi connectivity index (χ4v) is 3.89. The molecule has 0 radical (unpaired) electrons. The van der Waals surface area contributed by atoms with Crippen LogP contribution in [0.4, 0.5) is 5.69 Å². The lowest BCUT2D eigenvalue weighted by Gasteiger charge is -2.21. The molecule has 11 heteroatoms. The number of aromatic hydroxyl groups is 1. The molecule has 35 heavy (non-hydrogen) atoms. The van der Waals surface area contributed by atoms with E-state index < -0.39 is 42.8 Å². The number of nitrogens with one attached hydrogen (secondary N) is 2. The van der Waals surface area contributed by atoms with Crippen LogP contribution >= 0.6 is 11.6 Å². The fraction of sp³-hybridized carbons (Fsp3) is 0.167. The lowest BCUT2D eigenvalue weighted by molar-refractivity contribution is -0.124. The summed E-state index contributed by atoms with van der Waals surface area (Å²) in [7, 11) is 0. The van der Waals surface area contributed by atoms with E-state index in [-0.39, 0.29) is 5.69 Å². The number of aliphatic imine (C=N–C) groups is 1. The number of carbonyl (C=O) groups excluding carboxylic acids is 1. The molecule has 1 unspecified atom stereocenters. The Morgan fingerprint density at radius 3 is 2.60 bits per heavy atom. The van der Waals surface area contributed by atoms with Crippen LogP contribution in [-0.4, -0.2) is 56.2 Å². The smallest absolute Gasteiger partial charge is 0.329 e. The molecule has 0 bridgehead atoms. The van der Waals surface area contributed by atoms with E-state index >= 15 is 0 Å². The zero-order chi connectivity index (χ0) is 25.1. The summed E-state index contributed by atoms with van der Waals surface area (Å²) in [5.74, 6) is -1.26. The minimum atomic E-state index is -1.36. The summed E-state index contributed by atoms with van der Waals surface area (Å²) < 4.78 is 0.865. The lowest BCUT2D eigenvalue weighted by atomic mass is 10.0. The number of hydrogen-bond acceptors (Lipinski definition) is 7. The van der Waals surface area contributed by atoms with Gasteiger partial charge in [-0.25, -0.2) is 9.36 Å². The number of allylic oxidation sites excluding steroid dienone is 1. The maximum absolute atomic E-state index is 13.1. The van der Waals surface area contributed by atoms with Crippen molar-refractivity contribution in [2.45, 2.75) is 12.1 Å². The molecule has 1 aliphatic rings. The first kappa shape index (κ1) is 24.0. The monoisotopic (exact) mass is 493 g/mol. The van der Waals surface area contributed by atoms with E-state index in [0.29, 0.717) is 27.4 Å². The highest BCUT2D eigenvalue weighted by atomic mass is 35.5. The van der Waals surface area contributed by atoms with Crippen LogP contribution < -0.4 is 11.0 Å². The van der Waals surface area contributed by atoms with Crippen molar-refractivity contribution in [2.24, 2.45) is 4.99 Å². The van der Waals surface area contributed by atoms with Gasteiger partial charge in [-0.05, 0) is 35.9 Å². The predicted molar refractivity (Wildman–Crippen MR) is 130 cm³/mol. The minimum Gasteiger partial charge on any atom is -0.493 e. The fourth-order valence-electron chi connectivity index (χ4n) is 3.72. The Hall–Kier alpha value is -4.17. The average molecular weight is 494 g/mol. The molecule has 0 saturated carbocycles. The Morgan fingerprint density at radius 1 is 1.23 bits per heavy atom. The molecule has 1 aromatic heterocycles. The number of nitrogens with zero attached hydrogens (tertiary/aromatic N) is 3. The third kappa shape index (κ3) is 4.74. The molecule has 2 heterocycles. The van der Waals surface area contributed by atoms with Crippen LogP contribution in [0.5, 0.6) is 5.88 Å². The first-order valence-electron chi connectivity index (χ1n) is 10.5. The molecule has 1 amide bonds. The number of hydrogen-bond donors (Lipinski definition) is 5. The van der Waals surface area contributed by atoms with Crippen LogP contribution in [0.2, 0.25) is 5.02 Å². The summed E-state index contributed by atoms with van der Waals surface area (Å²) in [4.78, 5) is 32.9. The molecule has 1 atom stereocenters. The van der Waals surface area contributed by atoms with Gasteiger partial charge in [0.05, 0.1) is 36.6 Å². The Balaban J connectivity index is 1.79. The van der Waals surface area contributed by atoms with Crippen LogP contribution in [0.15, 0.2) is 52.3 Å². The molecular formula is C24H20ClN5O5. The second-order valence-electron chi connectivity index (χ2n) is 7.76. The van der Waals surface area contributed by atoms with Gasteiger partial charge in [0.25, 0.3) is 0 Å². The number of benzene rings is 2. The number of H-pyrrole nitrogens is 1. The molecule has 0 spiro atoms. The first-order chi connectivity index (χ1) is 16.9. The van der Waals surface area contributed by atoms with Gasteiger partial charge in [0.1, 0.15) is 11.7 Å². The van der Waals surface area contributed by atoms with Crippen LogP contribution in [-0.2, 0) is 4.79 Å². The van der Waals surface area contributed by atoms with Gasteiger partial charge in [0.2, 0.25) is 11.8 Å². The predicted octanol–water partition coefficient (Wildman–Crippen LogP) is 1.72. The minimum absolute atomic E-state index is 0.0477. The van der Waals surface area contributed by atoms with E-state index in [9.17, 15) is 24.9 Å². The number of rotatable bonds is 7. The number of imidazole rings is 1. The van der Waals surface area contributed by atoms with E-state index in [4.69, 9.17) is 16.9 Å². The van der Waals surface area contributed by atoms with E-state index in [1.54, 1.807) is 24.4 Å². The van der Waals surface area contributed by atoms with Crippen LogP contribution in [0, 0.1) is 11.3 Å². The zero-order valence-corrected chi connectivity index (χ0v) is 18.9. The molecule has 1 aliphatic heterocycles. The first-order valence-corrected chi connectivity index (χ1v) is 10.9. The van der Waals surface area contributed by atoms with Gasteiger partial charge in [0, 0.05) is 22.4 Å². The van der Waals surface area contributed by atoms with Gasteiger partial charge >= 0.3 is 5.69 Å². The number of amides is 1. The summed E-state index contributed by atoms with van der Waals surface area (Å²) in [6, 6.07) is 10.7. The molecule has 3 aromatic rings. The van der Waals surface area contributed by atoms with Gasteiger partial charge in [-0.2, -0.15) is 5.26 Å². The van der Waals surface area contributed by atoms with Gasteiger partial charge in [-0.3, -0.25) is 9.79 Å². The van der Waals surface area contributed by atoms with Gasteiger partial charge < -0.3 is 25.6 Å². The van der Waals surface area contributed by atoms with Crippen LogP contribution in [0.25, 0.3) is 11.6 Å². The lowest BCUT2D eigenvalue weighted by Crippen LogP contribution is -2.45. The normalized spacial score (nSPS) is 14.2. The number of carbonyl (C=O) groups is 1. The summed E-state index contributed by atoms with van der Waals surface area (Å²) in [5.41, 5.74) is 1.92. The highest BCUT2D eigenvalue weighted by molar-refractivity contribution is 6.31. The Labute approximate surface area is 204 Å². The molecule has 4 rings (SSSR count). The third-order valence-corrected chi connectivity index (χ3v) is 5.73. The van der Waals surface area contributed by atoms with Crippen molar-refractivity contribution in [1.29, 1.82) is 5.26 Å². The van der Waals surface area contributed by atoms with Crippen molar-refractivity contribution in [2.75, 3.05) is 13.2 Å². The second kappa shape index (κ2) is 9.99. The number of nitriles is 1. The number of aliphatic hydroxyl groups is 2. The molecule has 2 aromatic carbocycles. The quantitative estimate of drug-likeness (QED) is 0.336. The van der Waals surface area contributed by atoms with E-state index in [0.717, 1.165) is 10.1 Å². The largest absolute Gasteiger partial charge is 0.493 e. The summed E-state index contributed by atoms with van der Waals surface area (Å²) in [5, 5.41) is 41.8. The summed E-state index contributed by atoms with van der Waals surface area (Å²) in [6.07, 6.45) is 3.09. The molecule has 0 fully saturated rings. The second-order valence-corrected chi connectivity index (χ2v) is 8.20. The average Bonchev–Trinajstić information content (AvgIpc) is 3.38. The van der Waals surface area contributed by atoms with Crippen molar-refractivity contribution in [3.8, 4) is 11.9 Å². The number of aromatic nitrogens is 2. The van der Waals surface area contributed by atoms with E-state index in [2.05, 4.69) is 15.3 Å². The Kier molecular flexibility index (Phi) is 6.84. The number of fused-ring (bicyclic) bond motifs is 1. The van der Waals surface area contributed by atoms with Gasteiger partial charge in [-0.15, -0.1) is 0 Å². The Morgan fingerprint density at radius 2 is 1.94 bits per heavy atom. The number of aliphatic hydroxyl groups excluding tert-OH is 2. The van der Waals surface area contributed by atoms with Crippen molar-refractivity contribution in [3.63, 3.8) is 0 Å². The maximum atomic E-state index is 13.1. The third-order valence-electron chi connectivity index (χ3n) is 5.49. The maximum Gasteiger partial charge on any atom is 0.329 e. The van der Waals surface area contributed by atoms with Crippen molar-refractivity contribution >= 4 is 41.1 Å². The number of halogens is 1. The molecule has 10 nitrogen and oxygen atoms in total.